The van der Waals surface area contributed by atoms with Crippen molar-refractivity contribution in [3.05, 3.63) is 33.9 Å². The summed E-state index contributed by atoms with van der Waals surface area (Å²) in [5, 5.41) is 11.6. The van der Waals surface area contributed by atoms with Crippen LogP contribution in [-0.4, -0.2) is 40.1 Å². The van der Waals surface area contributed by atoms with Crippen LogP contribution in [0.25, 0.3) is 0 Å². The average molecular weight is 346 g/mol. The average Bonchev–Trinajstić information content (AvgIpc) is 3.25. The number of urea groups is 1. The molecule has 0 saturated heterocycles. The maximum atomic E-state index is 12.8. The molecule has 1 fully saturated rings. The van der Waals surface area contributed by atoms with E-state index in [1.165, 1.54) is 6.92 Å². The zero-order valence-corrected chi connectivity index (χ0v) is 14.8. The molecular formula is C18H22N2O5. The summed E-state index contributed by atoms with van der Waals surface area (Å²) in [5.74, 6) is -0.965. The first-order valence-corrected chi connectivity index (χ1v) is 8.19. The zero-order valence-electron chi connectivity index (χ0n) is 14.8. The number of carbonyl (C=O) groups excluding carboxylic acids is 3. The third-order valence-electron chi connectivity index (χ3n) is 5.66. The minimum atomic E-state index is -1.43. The van der Waals surface area contributed by atoms with Crippen LogP contribution < -0.4 is 5.73 Å². The molecule has 3 rings (SSSR count). The molecule has 3 aliphatic carbocycles. The molecule has 0 bridgehead atoms. The van der Waals surface area contributed by atoms with E-state index in [0.29, 0.717) is 11.1 Å². The molecule has 1 atom stereocenters. The smallest absolute Gasteiger partial charge is 0.348 e. The standard InChI is InChI=1S/C18H22N2O5/c1-9-7-12-14(13(9)8-20(16(19)23)25-11(3)21)10(2)18(5-6-18)17(4,24)15(12)22/h7,24H,5-6,8H2,1-4H3,(H2,19,23)/t17-/m0/s1. The van der Waals surface area contributed by atoms with Gasteiger partial charge in [0.2, 0.25) is 0 Å². The Bertz CT molecular complexity index is 796. The molecule has 7 nitrogen and oxygen atoms in total. The van der Waals surface area contributed by atoms with Gasteiger partial charge in [0.25, 0.3) is 0 Å². The summed E-state index contributed by atoms with van der Waals surface area (Å²) >= 11 is 0. The number of aliphatic hydroxyl groups is 1. The summed E-state index contributed by atoms with van der Waals surface area (Å²) in [6, 6.07) is -0.891. The van der Waals surface area contributed by atoms with E-state index in [1.54, 1.807) is 13.0 Å². The molecule has 134 valence electrons. The number of hydrogen-bond donors (Lipinski definition) is 2. The van der Waals surface area contributed by atoms with Gasteiger partial charge < -0.3 is 15.7 Å². The quantitative estimate of drug-likeness (QED) is 0.737. The second-order valence-corrected chi connectivity index (χ2v) is 7.16. The molecule has 0 heterocycles. The topological polar surface area (TPSA) is 110 Å². The van der Waals surface area contributed by atoms with Gasteiger partial charge in [-0.05, 0) is 56.4 Å². The molecule has 0 aliphatic heterocycles. The normalized spacial score (nSPS) is 26.6. The Hall–Kier alpha value is -2.41. The highest BCUT2D eigenvalue weighted by Crippen LogP contribution is 2.64. The second-order valence-electron chi connectivity index (χ2n) is 7.16. The maximum Gasteiger partial charge on any atom is 0.348 e. The number of primary amides is 1. The van der Waals surface area contributed by atoms with E-state index in [1.807, 2.05) is 13.8 Å². The lowest BCUT2D eigenvalue weighted by Crippen LogP contribution is -2.49. The van der Waals surface area contributed by atoms with E-state index < -0.39 is 23.0 Å². The van der Waals surface area contributed by atoms with Crippen molar-refractivity contribution in [2.75, 3.05) is 6.54 Å². The number of hydroxylamine groups is 2. The fraction of sp³-hybridized carbons (Fsp3) is 0.500. The number of ketones is 1. The van der Waals surface area contributed by atoms with Gasteiger partial charge in [-0.3, -0.25) is 9.59 Å². The number of hydrogen-bond acceptors (Lipinski definition) is 5. The van der Waals surface area contributed by atoms with Crippen LogP contribution in [0.2, 0.25) is 0 Å². The van der Waals surface area contributed by atoms with Crippen molar-refractivity contribution < 1.29 is 24.3 Å². The minimum Gasteiger partial charge on any atom is -0.381 e. The highest BCUT2D eigenvalue weighted by Gasteiger charge is 2.65. The van der Waals surface area contributed by atoms with Gasteiger partial charge in [0.05, 0.1) is 6.54 Å². The van der Waals surface area contributed by atoms with Crippen LogP contribution in [0.3, 0.4) is 0 Å². The van der Waals surface area contributed by atoms with Crippen LogP contribution in [0.1, 0.15) is 40.5 Å². The maximum absolute atomic E-state index is 12.8. The van der Waals surface area contributed by atoms with Gasteiger partial charge in [-0.2, -0.15) is 0 Å². The van der Waals surface area contributed by atoms with Crippen molar-refractivity contribution >= 4 is 17.8 Å². The van der Waals surface area contributed by atoms with E-state index in [4.69, 9.17) is 10.6 Å². The van der Waals surface area contributed by atoms with Gasteiger partial charge in [-0.15, -0.1) is 5.06 Å². The molecular weight excluding hydrogens is 324 g/mol. The summed E-state index contributed by atoms with van der Waals surface area (Å²) in [7, 11) is 0. The third kappa shape index (κ3) is 2.33. The number of rotatable bonds is 2. The van der Waals surface area contributed by atoms with Gasteiger partial charge >= 0.3 is 12.0 Å². The fourth-order valence-electron chi connectivity index (χ4n) is 4.07. The Balaban J connectivity index is 2.04. The molecule has 0 aromatic rings. The van der Waals surface area contributed by atoms with Crippen molar-refractivity contribution in [3.8, 4) is 0 Å². The first-order chi connectivity index (χ1) is 11.5. The molecule has 7 heteroatoms. The molecule has 0 aromatic heterocycles. The van der Waals surface area contributed by atoms with Gasteiger partial charge in [-0.25, -0.2) is 4.79 Å². The zero-order chi connectivity index (χ0) is 18.7. The number of nitrogens with zero attached hydrogens (tertiary/aromatic N) is 1. The van der Waals surface area contributed by atoms with Crippen LogP contribution in [0.5, 0.6) is 0 Å². The largest absolute Gasteiger partial charge is 0.381 e. The lowest BCUT2D eigenvalue weighted by atomic mass is 9.67. The molecule has 0 unspecified atom stereocenters. The van der Waals surface area contributed by atoms with E-state index in [2.05, 4.69) is 0 Å². The van der Waals surface area contributed by atoms with Crippen LogP contribution in [0, 0.1) is 5.41 Å². The molecule has 0 aromatic carbocycles. The van der Waals surface area contributed by atoms with Crippen LogP contribution >= 0.6 is 0 Å². The van der Waals surface area contributed by atoms with Crippen molar-refractivity contribution in [1.29, 1.82) is 0 Å². The van der Waals surface area contributed by atoms with Crippen LogP contribution in [-0.2, 0) is 14.4 Å². The van der Waals surface area contributed by atoms with Gasteiger partial charge in [0.1, 0.15) is 5.60 Å². The molecule has 3 aliphatic rings. The molecule has 25 heavy (non-hydrogen) atoms. The Morgan fingerprint density at radius 3 is 2.44 bits per heavy atom. The Kier molecular flexibility index (Phi) is 3.69. The highest BCUT2D eigenvalue weighted by molar-refractivity contribution is 6.10. The van der Waals surface area contributed by atoms with Crippen molar-refractivity contribution in [2.45, 2.75) is 46.1 Å². The first-order valence-electron chi connectivity index (χ1n) is 8.19. The Labute approximate surface area is 145 Å². The minimum absolute atomic E-state index is 0.0427. The third-order valence-corrected chi connectivity index (χ3v) is 5.66. The van der Waals surface area contributed by atoms with E-state index in [0.717, 1.165) is 34.6 Å². The molecule has 1 saturated carbocycles. The number of carbonyl (C=O) groups is 3. The molecule has 1 spiro atoms. The Morgan fingerprint density at radius 2 is 1.96 bits per heavy atom. The van der Waals surface area contributed by atoms with Gasteiger partial charge in [0.15, 0.2) is 5.78 Å². The van der Waals surface area contributed by atoms with Gasteiger partial charge in [0, 0.05) is 17.9 Å². The molecule has 3 N–H and O–H groups in total. The summed E-state index contributed by atoms with van der Waals surface area (Å²) in [6.45, 7) is 6.44. The number of fused-ring (bicyclic) bond motifs is 1. The number of Topliss-reactive ketones (excluding diaryl/α,β-unsaturated/α-hetero) is 1. The predicted molar refractivity (Wildman–Crippen MR) is 88.8 cm³/mol. The Morgan fingerprint density at radius 1 is 1.36 bits per heavy atom. The van der Waals surface area contributed by atoms with E-state index in [-0.39, 0.29) is 12.3 Å². The monoisotopic (exact) mass is 346 g/mol. The first kappa shape index (κ1) is 17.4. The van der Waals surface area contributed by atoms with Crippen LogP contribution in [0.4, 0.5) is 4.79 Å². The summed E-state index contributed by atoms with van der Waals surface area (Å²) < 4.78 is 0. The number of amides is 2. The fourth-order valence-corrected chi connectivity index (χ4v) is 4.07. The second kappa shape index (κ2) is 5.29. The van der Waals surface area contributed by atoms with Crippen LogP contribution in [0.15, 0.2) is 33.9 Å². The highest BCUT2D eigenvalue weighted by atomic mass is 16.7. The lowest BCUT2D eigenvalue weighted by Gasteiger charge is -2.39. The van der Waals surface area contributed by atoms with E-state index >= 15 is 0 Å². The summed E-state index contributed by atoms with van der Waals surface area (Å²) in [6.07, 6.45) is 3.20. The predicted octanol–water partition coefficient (Wildman–Crippen LogP) is 1.53. The summed E-state index contributed by atoms with van der Waals surface area (Å²) in [5.41, 5.74) is 6.93. The van der Waals surface area contributed by atoms with Gasteiger partial charge in [-0.1, -0.05) is 5.57 Å². The number of nitrogens with two attached hydrogens (primary N) is 1. The lowest BCUT2D eigenvalue weighted by molar-refractivity contribution is -0.171. The van der Waals surface area contributed by atoms with Crippen molar-refractivity contribution in [1.82, 2.24) is 5.06 Å². The van der Waals surface area contributed by atoms with Crippen molar-refractivity contribution in [2.24, 2.45) is 11.1 Å². The number of allylic oxidation sites excluding steroid dienone is 2. The SMILES string of the molecule is CC(=O)ON(CC1=C(C)C=C2C(=O)[C@](C)(O)C3(CC3)C(C)=C21)C(N)=O. The van der Waals surface area contributed by atoms with E-state index in [9.17, 15) is 19.5 Å². The summed E-state index contributed by atoms with van der Waals surface area (Å²) in [4.78, 5) is 40.5. The molecule has 2 amide bonds. The molecule has 0 radical (unpaired) electrons. The van der Waals surface area contributed by atoms with Crippen molar-refractivity contribution in [3.63, 3.8) is 0 Å².